The summed E-state index contributed by atoms with van der Waals surface area (Å²) in [6.07, 6.45) is -9.76. The average molecular weight is 931 g/mol. The lowest BCUT2D eigenvalue weighted by Gasteiger charge is -2.58. The molecule has 27 atom stereocenters. The summed E-state index contributed by atoms with van der Waals surface area (Å²) in [5, 5.41) is 86.1. The number of fused-ring (bicyclic) bond motifs is 5. The normalized spacial score (nSPS) is 54.2. The first-order valence-electron chi connectivity index (χ1n) is 24.2. The lowest BCUT2D eigenvalue weighted by Crippen LogP contribution is -2.64. The van der Waals surface area contributed by atoms with Gasteiger partial charge >= 0.3 is 0 Å². The van der Waals surface area contributed by atoms with Crippen molar-refractivity contribution in [2.75, 3.05) is 20.8 Å². The van der Waals surface area contributed by atoms with Gasteiger partial charge in [0.2, 0.25) is 0 Å². The molecule has 65 heavy (non-hydrogen) atoms. The van der Waals surface area contributed by atoms with Crippen molar-refractivity contribution in [3.63, 3.8) is 0 Å². The predicted octanol–water partition coefficient (Wildman–Crippen LogP) is 1.02. The van der Waals surface area contributed by atoms with Gasteiger partial charge in [-0.2, -0.15) is 0 Å². The second-order valence-corrected chi connectivity index (χ2v) is 21.1. The summed E-state index contributed by atoms with van der Waals surface area (Å²) in [6.45, 7) is 11.3. The molecule has 0 bridgehead atoms. The topological polar surface area (TPSA) is 254 Å². The molecule has 4 aliphatic heterocycles. The predicted molar refractivity (Wildman–Crippen MR) is 227 cm³/mol. The zero-order valence-corrected chi connectivity index (χ0v) is 39.2. The Morgan fingerprint density at radius 2 is 1.38 bits per heavy atom. The van der Waals surface area contributed by atoms with E-state index in [1.807, 2.05) is 13.8 Å². The standard InChI is InChI=1S/C47H78O18/c1-20(60-45-43(42(57-8)37(52)22(3)61-45)65-44-40(55)39(54)38(53)32(19-48)63-44)35-29(49)16-28-26-10-9-24-15-25(11-13-46(24,5)27(26)12-14-47(28,35)6)62-33-17-30(50)41(23(4)59-33)64-34-18-31(56-7)36(51)21(2)58-34/h9,20-23,25-45,48-55H,10-19H2,1-8H3/t20-,21+,22+,23+,25-,26+,27-,28-,29+,30-,31-,32+,33-,34-,35-,36+,37-,38+,39-,40+,41+,42-,43+,44-,45-,46-,47-/m0/s1. The number of aliphatic hydroxyl groups excluding tert-OH is 8. The molecule has 0 radical (unpaired) electrons. The van der Waals surface area contributed by atoms with Crippen molar-refractivity contribution in [2.24, 2.45) is 34.5 Å². The molecule has 0 unspecified atom stereocenters. The molecule has 7 fully saturated rings. The molecule has 18 nitrogen and oxygen atoms in total. The first kappa shape index (κ1) is 50.4. The number of aliphatic hydroxyl groups is 8. The van der Waals surface area contributed by atoms with E-state index in [2.05, 4.69) is 19.9 Å². The Labute approximate surface area is 382 Å². The molecule has 0 aromatic rings. The zero-order valence-electron chi connectivity index (χ0n) is 39.2. The largest absolute Gasteiger partial charge is 0.394 e. The second-order valence-electron chi connectivity index (χ2n) is 21.1. The minimum absolute atomic E-state index is 0.0176. The molecule has 0 amide bonds. The Morgan fingerprint density at radius 1 is 0.677 bits per heavy atom. The number of hydrogen-bond donors (Lipinski definition) is 8. The Balaban J connectivity index is 0.900. The van der Waals surface area contributed by atoms with Crippen molar-refractivity contribution in [3.05, 3.63) is 11.6 Å². The third kappa shape index (κ3) is 9.40. The van der Waals surface area contributed by atoms with Crippen molar-refractivity contribution in [2.45, 2.75) is 228 Å². The highest BCUT2D eigenvalue weighted by atomic mass is 16.8. The highest BCUT2D eigenvalue weighted by Gasteiger charge is 2.63. The van der Waals surface area contributed by atoms with E-state index in [0.29, 0.717) is 24.7 Å². The molecule has 0 spiro atoms. The van der Waals surface area contributed by atoms with Crippen LogP contribution in [0.1, 0.15) is 99.3 Å². The van der Waals surface area contributed by atoms with E-state index < -0.39 is 129 Å². The van der Waals surface area contributed by atoms with E-state index in [9.17, 15) is 40.9 Å². The molecule has 8 N–H and O–H groups in total. The summed E-state index contributed by atoms with van der Waals surface area (Å²) in [6, 6.07) is 0. The van der Waals surface area contributed by atoms with Crippen molar-refractivity contribution in [1.82, 2.24) is 0 Å². The van der Waals surface area contributed by atoms with Gasteiger partial charge in [0.25, 0.3) is 0 Å². The summed E-state index contributed by atoms with van der Waals surface area (Å²) in [7, 11) is 2.96. The Morgan fingerprint density at radius 3 is 2.08 bits per heavy atom. The summed E-state index contributed by atoms with van der Waals surface area (Å²) in [4.78, 5) is 0. The van der Waals surface area contributed by atoms with Crippen molar-refractivity contribution < 1.29 is 88.2 Å². The molecule has 3 saturated carbocycles. The van der Waals surface area contributed by atoms with Gasteiger partial charge in [-0.25, -0.2) is 0 Å². The maximum absolute atomic E-state index is 12.0. The molecular weight excluding hydrogens is 852 g/mol. The molecule has 4 heterocycles. The average Bonchev–Trinajstić information content (AvgIpc) is 3.55. The molecule has 18 heteroatoms. The van der Waals surface area contributed by atoms with Gasteiger partial charge in [-0.15, -0.1) is 0 Å². The van der Waals surface area contributed by atoms with Crippen LogP contribution in [0.4, 0.5) is 0 Å². The van der Waals surface area contributed by atoms with Crippen LogP contribution in [0.2, 0.25) is 0 Å². The number of rotatable bonds is 12. The van der Waals surface area contributed by atoms with E-state index >= 15 is 0 Å². The maximum Gasteiger partial charge on any atom is 0.187 e. The van der Waals surface area contributed by atoms with Crippen molar-refractivity contribution >= 4 is 0 Å². The molecular formula is C47H78O18. The Bertz CT molecular complexity index is 1610. The number of methoxy groups -OCH3 is 2. The van der Waals surface area contributed by atoms with Crippen LogP contribution in [0.15, 0.2) is 11.6 Å². The summed E-state index contributed by atoms with van der Waals surface area (Å²) >= 11 is 0. The lowest BCUT2D eigenvalue weighted by molar-refractivity contribution is -0.372. The van der Waals surface area contributed by atoms with Crippen LogP contribution in [0.5, 0.6) is 0 Å². The van der Waals surface area contributed by atoms with E-state index in [1.54, 1.807) is 21.0 Å². The smallest absolute Gasteiger partial charge is 0.187 e. The van der Waals surface area contributed by atoms with Crippen LogP contribution in [-0.4, -0.2) is 191 Å². The van der Waals surface area contributed by atoms with Gasteiger partial charge in [-0.3, -0.25) is 0 Å². The highest BCUT2D eigenvalue weighted by Crippen LogP contribution is 2.67. The third-order valence-electron chi connectivity index (χ3n) is 17.4. The van der Waals surface area contributed by atoms with E-state index in [4.69, 9.17) is 47.4 Å². The van der Waals surface area contributed by atoms with Gasteiger partial charge in [-0.05, 0) is 101 Å². The van der Waals surface area contributed by atoms with Gasteiger partial charge in [0.15, 0.2) is 25.2 Å². The minimum Gasteiger partial charge on any atom is -0.394 e. The van der Waals surface area contributed by atoms with E-state index in [1.165, 1.54) is 12.7 Å². The zero-order chi connectivity index (χ0) is 46.9. The Kier molecular flexibility index (Phi) is 15.5. The molecule has 374 valence electrons. The van der Waals surface area contributed by atoms with Gasteiger partial charge in [0.1, 0.15) is 54.9 Å². The highest BCUT2D eigenvalue weighted by molar-refractivity contribution is 5.26. The van der Waals surface area contributed by atoms with E-state index in [-0.39, 0.29) is 35.2 Å². The molecule has 0 aromatic carbocycles. The Hall–Kier alpha value is -0.980. The number of allylic oxidation sites excluding steroid dienone is 1. The number of ether oxygens (including phenoxy) is 10. The fraction of sp³-hybridized carbons (Fsp3) is 0.957. The van der Waals surface area contributed by atoms with Crippen LogP contribution in [0, 0.1) is 34.5 Å². The number of hydrogen-bond acceptors (Lipinski definition) is 18. The van der Waals surface area contributed by atoms with Crippen LogP contribution < -0.4 is 0 Å². The van der Waals surface area contributed by atoms with Crippen LogP contribution in [0.25, 0.3) is 0 Å². The molecule has 4 aliphatic carbocycles. The first-order valence-corrected chi connectivity index (χ1v) is 24.2. The lowest BCUT2D eigenvalue weighted by atomic mass is 9.47. The van der Waals surface area contributed by atoms with Gasteiger partial charge in [-0.1, -0.05) is 25.5 Å². The minimum atomic E-state index is -1.69. The summed E-state index contributed by atoms with van der Waals surface area (Å²) in [5.74, 6) is 0.766. The SMILES string of the molecule is CO[C@H]1[C@@H](O)[C@@H](C)O[C@H](O[C@@H](C)[C@H]2[C@H](O)C[C@H]3[C@@H]4CC=C5C[C@@H](O[C@H]6C[C@H](O)[C@H](O[C@H]7C[C@H](OC)[C@H](O)[C@@H](C)O7)[C@@H](C)O6)CC[C@]5(C)[C@H]4CC[C@]23C)[C@@H]1O[C@@H]1O[C@H](CO)[C@@H](O)[C@H](O)[C@H]1O. The van der Waals surface area contributed by atoms with Gasteiger partial charge in [0.05, 0.1) is 55.4 Å². The van der Waals surface area contributed by atoms with Crippen LogP contribution >= 0.6 is 0 Å². The van der Waals surface area contributed by atoms with E-state index in [0.717, 1.165) is 38.5 Å². The fourth-order valence-electron chi connectivity index (χ4n) is 13.8. The van der Waals surface area contributed by atoms with Crippen molar-refractivity contribution in [1.29, 1.82) is 0 Å². The molecule has 0 aromatic heterocycles. The van der Waals surface area contributed by atoms with Gasteiger partial charge in [0, 0.05) is 33.0 Å². The molecule has 8 aliphatic rings. The quantitative estimate of drug-likeness (QED) is 0.127. The maximum atomic E-state index is 12.0. The second kappa shape index (κ2) is 20.0. The summed E-state index contributed by atoms with van der Waals surface area (Å²) in [5.41, 5.74) is 1.14. The molecule has 8 rings (SSSR count). The molecule has 4 saturated heterocycles. The third-order valence-corrected chi connectivity index (χ3v) is 17.4. The van der Waals surface area contributed by atoms with Crippen LogP contribution in [-0.2, 0) is 47.4 Å². The van der Waals surface area contributed by atoms with Gasteiger partial charge < -0.3 is 88.2 Å². The fourth-order valence-corrected chi connectivity index (χ4v) is 13.8. The monoisotopic (exact) mass is 931 g/mol. The van der Waals surface area contributed by atoms with Crippen molar-refractivity contribution in [3.8, 4) is 0 Å². The first-order chi connectivity index (χ1) is 30.8. The summed E-state index contributed by atoms with van der Waals surface area (Å²) < 4.78 is 60.9. The van der Waals surface area contributed by atoms with Crippen LogP contribution in [0.3, 0.4) is 0 Å².